The van der Waals surface area contributed by atoms with E-state index in [0.717, 1.165) is 55.4 Å². The zero-order valence-electron chi connectivity index (χ0n) is 9.03. The molecule has 0 bridgehead atoms. The van der Waals surface area contributed by atoms with E-state index in [1.165, 1.54) is 2.81 Å². The molecule has 0 amide bonds. The third kappa shape index (κ3) is 1.59. The van der Waals surface area contributed by atoms with Gasteiger partial charge in [0.2, 0.25) is 0 Å². The van der Waals surface area contributed by atoms with E-state index in [9.17, 15) is 0 Å². The van der Waals surface area contributed by atoms with Crippen LogP contribution in [0.3, 0.4) is 0 Å². The molecule has 2 nitrogen and oxygen atoms in total. The summed E-state index contributed by atoms with van der Waals surface area (Å²) in [6, 6.07) is 12.2. The van der Waals surface area contributed by atoms with Gasteiger partial charge in [0.25, 0.3) is 0 Å². The molecular weight excluding hydrogens is 211 g/mol. The van der Waals surface area contributed by atoms with Gasteiger partial charge in [-0.3, -0.25) is 0 Å². The minimum atomic E-state index is 0.0545. The van der Waals surface area contributed by atoms with Crippen LogP contribution in [-0.4, -0.2) is 33.0 Å². The van der Waals surface area contributed by atoms with Crippen molar-refractivity contribution in [1.82, 2.24) is 0 Å². The molecule has 74 valence electrons. The van der Waals surface area contributed by atoms with Gasteiger partial charge in [-0.15, -0.1) is 0 Å². The normalized spacial score (nSPS) is 11.4. The first-order chi connectivity index (χ1) is 7.78. The zero-order chi connectivity index (χ0) is 11.1. The number of hydrogen-bond donors (Lipinski definition) is 1. The first-order valence-corrected chi connectivity index (χ1v) is 6.30. The predicted molar refractivity (Wildman–Crippen MR) is 65.0 cm³/mol. The number of fused-ring (bicyclic) bond motifs is 3. The molecule has 0 radical (unpaired) electrons. The third-order valence-electron chi connectivity index (χ3n) is 2.88. The Morgan fingerprint density at radius 3 is 2.44 bits per heavy atom. The van der Waals surface area contributed by atoms with Crippen molar-refractivity contribution in [2.45, 2.75) is 6.61 Å². The van der Waals surface area contributed by atoms with Gasteiger partial charge in [-0.25, -0.2) is 0 Å². The molecule has 0 aliphatic rings. The van der Waals surface area contributed by atoms with Gasteiger partial charge >= 0.3 is 111 Å². The monoisotopic (exact) mass is 220 g/mol. The van der Waals surface area contributed by atoms with Crippen molar-refractivity contribution in [3.8, 4) is 0 Å². The molecule has 0 spiro atoms. The Bertz CT molecular complexity index is 670. The van der Waals surface area contributed by atoms with E-state index in [1.807, 2.05) is 18.2 Å². The quantitative estimate of drug-likeness (QED) is 0.635. The fourth-order valence-electron chi connectivity index (χ4n) is 2.03. The van der Waals surface area contributed by atoms with Crippen molar-refractivity contribution in [1.29, 1.82) is 0 Å². The molecule has 0 aliphatic carbocycles. The molecule has 0 saturated carbocycles. The Labute approximate surface area is 110 Å². The SMILES string of the molecule is OCc1ccc2c(c1)oc1c[c]([Na])ccc12. The molecule has 0 unspecified atom stereocenters. The van der Waals surface area contributed by atoms with Gasteiger partial charge in [0, 0.05) is 0 Å². The average Bonchev–Trinajstić information content (AvgIpc) is 2.64. The summed E-state index contributed by atoms with van der Waals surface area (Å²) in [4.78, 5) is 0. The Hall–Kier alpha value is -0.800. The summed E-state index contributed by atoms with van der Waals surface area (Å²) in [5, 5.41) is 11.4. The van der Waals surface area contributed by atoms with Crippen molar-refractivity contribution in [2.75, 3.05) is 0 Å². The van der Waals surface area contributed by atoms with Gasteiger partial charge in [0.1, 0.15) is 0 Å². The van der Waals surface area contributed by atoms with Crippen LogP contribution in [0.4, 0.5) is 0 Å². The molecular formula is C13H9NaO2. The number of hydrogen-bond acceptors (Lipinski definition) is 2. The van der Waals surface area contributed by atoms with Crippen LogP contribution in [0, 0.1) is 0 Å². The first kappa shape index (κ1) is 10.4. The first-order valence-electron chi connectivity index (χ1n) is 5.30. The van der Waals surface area contributed by atoms with Gasteiger partial charge in [0.15, 0.2) is 0 Å². The molecule has 3 aromatic rings. The summed E-state index contributed by atoms with van der Waals surface area (Å²) in [5.41, 5.74) is 2.68. The van der Waals surface area contributed by atoms with Crippen LogP contribution in [0.15, 0.2) is 40.8 Å². The van der Waals surface area contributed by atoms with Crippen LogP contribution >= 0.6 is 0 Å². The fourth-order valence-corrected chi connectivity index (χ4v) is 2.46. The van der Waals surface area contributed by atoms with Crippen LogP contribution in [0.25, 0.3) is 21.9 Å². The molecule has 1 N–H and O–H groups in total. The van der Waals surface area contributed by atoms with Gasteiger partial charge in [-0.05, 0) is 0 Å². The van der Waals surface area contributed by atoms with Crippen LogP contribution in [0.1, 0.15) is 5.56 Å². The summed E-state index contributed by atoms with van der Waals surface area (Å²) in [5.74, 6) is 0. The number of rotatable bonds is 1. The van der Waals surface area contributed by atoms with E-state index in [2.05, 4.69) is 18.2 Å². The van der Waals surface area contributed by atoms with Crippen LogP contribution in [0.2, 0.25) is 0 Å². The van der Waals surface area contributed by atoms with E-state index in [-0.39, 0.29) is 6.61 Å². The third-order valence-corrected chi connectivity index (χ3v) is 3.50. The molecule has 0 atom stereocenters. The zero-order valence-corrected chi connectivity index (χ0v) is 11.0. The predicted octanol–water partition coefficient (Wildman–Crippen LogP) is 1.87. The number of aliphatic hydroxyl groups excluding tert-OH is 1. The maximum absolute atomic E-state index is 9.08. The summed E-state index contributed by atoms with van der Waals surface area (Å²) in [7, 11) is 0. The molecule has 3 rings (SSSR count). The van der Waals surface area contributed by atoms with Crippen molar-refractivity contribution >= 4 is 52.7 Å². The molecule has 16 heavy (non-hydrogen) atoms. The molecule has 0 saturated heterocycles. The van der Waals surface area contributed by atoms with E-state index in [4.69, 9.17) is 9.52 Å². The van der Waals surface area contributed by atoms with Crippen LogP contribution in [-0.2, 0) is 6.61 Å². The van der Waals surface area contributed by atoms with E-state index in [0.29, 0.717) is 0 Å². The standard InChI is InChI=1S/C13H9O2.Na/c14-8-9-5-6-11-10-3-1-2-4-12(10)15-13(11)7-9;/h1,3-7,14H,8H2;. The molecule has 0 aliphatic heterocycles. The fraction of sp³-hybridized carbons (Fsp3) is 0.0769. The molecule has 2 aromatic carbocycles. The summed E-state index contributed by atoms with van der Waals surface area (Å²) in [6.45, 7) is 0.0545. The Balaban J connectivity index is 2.40. The van der Waals surface area contributed by atoms with Gasteiger partial charge in [0.05, 0.1) is 0 Å². The van der Waals surface area contributed by atoms with E-state index < -0.39 is 0 Å². The van der Waals surface area contributed by atoms with E-state index in [1.54, 1.807) is 0 Å². The van der Waals surface area contributed by atoms with Gasteiger partial charge < -0.3 is 0 Å². The average molecular weight is 220 g/mol. The van der Waals surface area contributed by atoms with Crippen LogP contribution in [0.5, 0.6) is 0 Å². The maximum atomic E-state index is 9.08. The van der Waals surface area contributed by atoms with Crippen molar-refractivity contribution < 1.29 is 9.52 Å². The molecule has 3 heteroatoms. The summed E-state index contributed by atoms with van der Waals surface area (Å²) in [6.07, 6.45) is 0. The number of aliphatic hydroxyl groups is 1. The summed E-state index contributed by atoms with van der Waals surface area (Å²) >= 11 is 1.03. The second-order valence-corrected chi connectivity index (χ2v) is 5.25. The molecule has 0 fully saturated rings. The topological polar surface area (TPSA) is 33.4 Å². The van der Waals surface area contributed by atoms with Gasteiger partial charge in [-0.1, -0.05) is 0 Å². The van der Waals surface area contributed by atoms with Crippen molar-refractivity contribution in [2.24, 2.45) is 0 Å². The Morgan fingerprint density at radius 1 is 1.00 bits per heavy atom. The second kappa shape index (κ2) is 3.90. The molecule has 1 heterocycles. The molecule has 1 aromatic heterocycles. The second-order valence-electron chi connectivity index (χ2n) is 4.09. The van der Waals surface area contributed by atoms with Crippen molar-refractivity contribution in [3.05, 3.63) is 42.0 Å². The Morgan fingerprint density at radius 2 is 1.69 bits per heavy atom. The van der Waals surface area contributed by atoms with Crippen LogP contribution < -0.4 is 2.81 Å². The number of benzene rings is 2. The Kier molecular flexibility index (Phi) is 2.52. The summed E-state index contributed by atoms with van der Waals surface area (Å²) < 4.78 is 7.11. The van der Waals surface area contributed by atoms with E-state index >= 15 is 0 Å². The minimum absolute atomic E-state index is 0.0545. The number of furan rings is 1. The van der Waals surface area contributed by atoms with Crippen molar-refractivity contribution in [3.63, 3.8) is 0 Å². The van der Waals surface area contributed by atoms with Gasteiger partial charge in [-0.2, -0.15) is 0 Å².